The van der Waals surface area contributed by atoms with Crippen LogP contribution in [-0.4, -0.2) is 73.9 Å². The third kappa shape index (κ3) is 8.66. The van der Waals surface area contributed by atoms with Crippen molar-refractivity contribution in [1.29, 1.82) is 0 Å². The Kier molecular flexibility index (Phi) is 10.4. The Morgan fingerprint density at radius 1 is 0.894 bits per heavy atom. The molecule has 3 aromatic rings. The molecule has 3 heterocycles. The number of nitrogens with one attached hydrogen (secondary N) is 2. The van der Waals surface area contributed by atoms with E-state index in [2.05, 4.69) is 27.0 Å². The van der Waals surface area contributed by atoms with Gasteiger partial charge in [0.15, 0.2) is 0 Å². The molecule has 2 aliphatic rings. The minimum atomic E-state index is -0.519. The molecule has 11 nitrogen and oxygen atoms in total. The van der Waals surface area contributed by atoms with Crippen molar-refractivity contribution in [3.05, 3.63) is 66.7 Å². The molecule has 0 spiro atoms. The summed E-state index contributed by atoms with van der Waals surface area (Å²) in [6.45, 7) is 15.5. The number of aromatic nitrogens is 1. The summed E-state index contributed by atoms with van der Waals surface area (Å²) in [6, 6.07) is 15.6. The number of methoxy groups -OCH3 is 1. The Labute approximate surface area is 277 Å². The molecule has 2 aromatic carbocycles. The molecular weight excluding hydrogens is 596 g/mol. The minimum absolute atomic E-state index is 0.279. The molecule has 47 heavy (non-hydrogen) atoms. The van der Waals surface area contributed by atoms with Gasteiger partial charge in [-0.25, -0.2) is 4.79 Å². The van der Waals surface area contributed by atoms with Crippen LogP contribution < -0.4 is 29.9 Å². The molecule has 250 valence electrons. The van der Waals surface area contributed by atoms with Crippen LogP contribution in [0.4, 0.5) is 33.4 Å². The van der Waals surface area contributed by atoms with Crippen molar-refractivity contribution in [3.63, 3.8) is 0 Å². The van der Waals surface area contributed by atoms with Crippen LogP contribution in [0.15, 0.2) is 61.2 Å². The van der Waals surface area contributed by atoms with E-state index in [4.69, 9.17) is 19.2 Å². The van der Waals surface area contributed by atoms with Crippen molar-refractivity contribution in [1.82, 2.24) is 9.88 Å². The zero-order valence-electron chi connectivity index (χ0n) is 28.1. The van der Waals surface area contributed by atoms with Crippen LogP contribution in [0.25, 0.3) is 0 Å². The standard InChI is InChI=1S/C36H46N6O5/c1-7-33(43)38-29-24-27(13-11-25(29)2)46-34-30(41-17-9-8-10-18-41)15-16-32(39-34)37-28-14-12-26(23-31(28)45-6)40-19-21-42(22-20-40)35(44)47-36(3,4)5/h7,11-16,23-24H,1,8-10,17-22H2,2-6H3,(H,37,39)(H,38,43). The number of amides is 2. The van der Waals surface area contributed by atoms with E-state index in [0.717, 1.165) is 48.6 Å². The quantitative estimate of drug-likeness (QED) is 0.236. The molecule has 2 saturated heterocycles. The summed E-state index contributed by atoms with van der Waals surface area (Å²) in [6.07, 6.45) is 4.40. The number of aryl methyl sites for hydroxylation is 1. The molecule has 0 saturated carbocycles. The number of carbonyl (C=O) groups is 2. The average Bonchev–Trinajstić information content (AvgIpc) is 3.06. The van der Waals surface area contributed by atoms with E-state index in [1.54, 1.807) is 18.1 Å². The summed E-state index contributed by atoms with van der Waals surface area (Å²) in [5.74, 6) is 2.02. The molecule has 1 aromatic heterocycles. The van der Waals surface area contributed by atoms with Crippen molar-refractivity contribution >= 4 is 40.6 Å². The van der Waals surface area contributed by atoms with E-state index >= 15 is 0 Å². The second kappa shape index (κ2) is 14.7. The van der Waals surface area contributed by atoms with Crippen LogP contribution in [0.2, 0.25) is 0 Å². The van der Waals surface area contributed by atoms with Gasteiger partial charge in [-0.05, 0) is 88.9 Å². The fourth-order valence-corrected chi connectivity index (χ4v) is 5.64. The van der Waals surface area contributed by atoms with Crippen molar-refractivity contribution in [2.75, 3.05) is 66.8 Å². The Morgan fingerprint density at radius 2 is 1.64 bits per heavy atom. The molecular formula is C36H46N6O5. The molecule has 0 atom stereocenters. The Bertz CT molecular complexity index is 1590. The zero-order chi connectivity index (χ0) is 33.6. The monoisotopic (exact) mass is 642 g/mol. The van der Waals surface area contributed by atoms with Gasteiger partial charge in [0.2, 0.25) is 11.8 Å². The highest BCUT2D eigenvalue weighted by Crippen LogP contribution is 2.37. The van der Waals surface area contributed by atoms with Crippen molar-refractivity contribution < 1.29 is 23.8 Å². The second-order valence-electron chi connectivity index (χ2n) is 12.8. The van der Waals surface area contributed by atoms with Gasteiger partial charge in [-0.15, -0.1) is 0 Å². The highest BCUT2D eigenvalue weighted by atomic mass is 16.6. The number of carbonyl (C=O) groups excluding carboxylic acids is 2. The predicted molar refractivity (Wildman–Crippen MR) is 187 cm³/mol. The lowest BCUT2D eigenvalue weighted by atomic mass is 10.1. The zero-order valence-corrected chi connectivity index (χ0v) is 28.1. The maximum absolute atomic E-state index is 12.5. The molecule has 2 fully saturated rings. The van der Waals surface area contributed by atoms with Gasteiger partial charge in [0.25, 0.3) is 0 Å². The van der Waals surface area contributed by atoms with Crippen molar-refractivity contribution in [2.24, 2.45) is 0 Å². The van der Waals surface area contributed by atoms with Gasteiger partial charge in [-0.2, -0.15) is 4.98 Å². The van der Waals surface area contributed by atoms with E-state index in [0.29, 0.717) is 55.1 Å². The molecule has 5 rings (SSSR count). The van der Waals surface area contributed by atoms with Gasteiger partial charge in [0.05, 0.1) is 12.8 Å². The van der Waals surface area contributed by atoms with E-state index in [1.165, 1.54) is 12.5 Å². The van der Waals surface area contributed by atoms with Crippen molar-refractivity contribution in [3.8, 4) is 17.4 Å². The molecule has 0 aliphatic carbocycles. The first kappa shape index (κ1) is 33.4. The Hall–Kier alpha value is -4.93. The number of piperazine rings is 1. The first-order valence-corrected chi connectivity index (χ1v) is 16.2. The summed E-state index contributed by atoms with van der Waals surface area (Å²) in [5, 5.41) is 6.26. The van der Waals surface area contributed by atoms with E-state index in [1.807, 2.05) is 70.2 Å². The first-order chi connectivity index (χ1) is 22.5. The maximum atomic E-state index is 12.5. The number of piperidine rings is 1. The Balaban J connectivity index is 1.34. The van der Waals surface area contributed by atoms with E-state index < -0.39 is 5.60 Å². The van der Waals surface area contributed by atoms with Crippen molar-refractivity contribution in [2.45, 2.75) is 52.6 Å². The summed E-state index contributed by atoms with van der Waals surface area (Å²) < 4.78 is 17.7. The lowest BCUT2D eigenvalue weighted by Gasteiger charge is -2.37. The normalized spacial score (nSPS) is 15.1. The van der Waals surface area contributed by atoms with E-state index in [9.17, 15) is 9.59 Å². The predicted octanol–water partition coefficient (Wildman–Crippen LogP) is 7.11. The number of anilines is 5. The minimum Gasteiger partial charge on any atom is -0.494 e. The fourth-order valence-electron chi connectivity index (χ4n) is 5.64. The van der Waals surface area contributed by atoms with Gasteiger partial charge in [0.1, 0.15) is 28.6 Å². The molecule has 0 radical (unpaired) electrons. The molecule has 2 N–H and O–H groups in total. The number of hydrogen-bond donors (Lipinski definition) is 2. The van der Waals surface area contributed by atoms with Gasteiger partial charge < -0.3 is 39.5 Å². The van der Waals surface area contributed by atoms with Gasteiger partial charge in [-0.3, -0.25) is 4.79 Å². The summed E-state index contributed by atoms with van der Waals surface area (Å²) in [5.41, 5.74) is 3.73. The number of nitrogens with zero attached hydrogens (tertiary/aromatic N) is 4. The number of hydrogen-bond acceptors (Lipinski definition) is 9. The third-order valence-electron chi connectivity index (χ3n) is 8.15. The molecule has 0 unspecified atom stereocenters. The number of ether oxygens (including phenoxy) is 3. The van der Waals surface area contributed by atoms with Gasteiger partial charge in [0, 0.05) is 62.8 Å². The topological polar surface area (TPSA) is 108 Å². The molecule has 0 bridgehead atoms. The van der Waals surface area contributed by atoms with Crippen LogP contribution in [0, 0.1) is 6.92 Å². The number of benzene rings is 2. The fraction of sp³-hybridized carbons (Fsp3) is 0.417. The van der Waals surface area contributed by atoms with E-state index in [-0.39, 0.29) is 12.0 Å². The van der Waals surface area contributed by atoms with Crippen LogP contribution in [-0.2, 0) is 9.53 Å². The van der Waals surface area contributed by atoms with Crippen LogP contribution in [0.3, 0.4) is 0 Å². The number of pyridine rings is 1. The van der Waals surface area contributed by atoms with Crippen LogP contribution >= 0.6 is 0 Å². The highest BCUT2D eigenvalue weighted by molar-refractivity contribution is 5.99. The summed E-state index contributed by atoms with van der Waals surface area (Å²) >= 11 is 0. The maximum Gasteiger partial charge on any atom is 0.410 e. The Morgan fingerprint density at radius 3 is 2.32 bits per heavy atom. The first-order valence-electron chi connectivity index (χ1n) is 16.2. The van der Waals surface area contributed by atoms with Gasteiger partial charge in [-0.1, -0.05) is 12.6 Å². The molecule has 2 aliphatic heterocycles. The average molecular weight is 643 g/mol. The third-order valence-corrected chi connectivity index (χ3v) is 8.15. The largest absolute Gasteiger partial charge is 0.494 e. The second-order valence-corrected chi connectivity index (χ2v) is 12.8. The highest BCUT2D eigenvalue weighted by Gasteiger charge is 2.26. The lowest BCUT2D eigenvalue weighted by molar-refractivity contribution is -0.111. The van der Waals surface area contributed by atoms with Gasteiger partial charge >= 0.3 is 6.09 Å². The molecule has 2 amide bonds. The smallest absolute Gasteiger partial charge is 0.410 e. The van der Waals surface area contributed by atoms with Crippen LogP contribution in [0.1, 0.15) is 45.6 Å². The van der Waals surface area contributed by atoms with Crippen LogP contribution in [0.5, 0.6) is 17.4 Å². The lowest BCUT2D eigenvalue weighted by Crippen LogP contribution is -2.50. The SMILES string of the molecule is C=CC(=O)Nc1cc(Oc2nc(Nc3ccc(N4CCN(C(=O)OC(C)(C)C)CC4)cc3OC)ccc2N2CCCCC2)ccc1C. The number of rotatable bonds is 9. The summed E-state index contributed by atoms with van der Waals surface area (Å²) in [7, 11) is 1.65. The summed E-state index contributed by atoms with van der Waals surface area (Å²) in [4.78, 5) is 35.7. The molecule has 11 heteroatoms.